The van der Waals surface area contributed by atoms with Crippen molar-refractivity contribution in [1.82, 2.24) is 174 Å². The summed E-state index contributed by atoms with van der Waals surface area (Å²) >= 11 is 38.5. The Labute approximate surface area is 944 Å². The maximum absolute atomic E-state index is 12.0. The van der Waals surface area contributed by atoms with E-state index in [0.717, 1.165) is 46.8 Å². The van der Waals surface area contributed by atoms with Gasteiger partial charge in [0.2, 0.25) is 6.08 Å². The first kappa shape index (κ1) is 113. The van der Waals surface area contributed by atoms with Gasteiger partial charge in [-0.15, -0.1) is 18.6 Å². The van der Waals surface area contributed by atoms with E-state index in [1.165, 1.54) is 100 Å². The van der Waals surface area contributed by atoms with Crippen LogP contribution in [0.15, 0.2) is 197 Å². The first-order valence-electron chi connectivity index (χ1n) is 36.4. The van der Waals surface area contributed by atoms with Crippen LogP contribution in [0.3, 0.4) is 0 Å². The molecule has 0 saturated carbocycles. The molecule has 12 heterocycles. The summed E-state index contributed by atoms with van der Waals surface area (Å²) < 4.78 is 51.6. The minimum Gasteiger partial charge on any atom is -0.579 e. The van der Waals surface area contributed by atoms with Gasteiger partial charge in [-0.05, 0) is 154 Å². The molecule has 0 aliphatic carbocycles. The number of halogens is 6. The Morgan fingerprint density at radius 1 is 0.363 bits per heavy atom. The summed E-state index contributed by atoms with van der Waals surface area (Å²) in [7, 11) is 9.09. The molecule has 6 radical (unpaired) electrons. The van der Waals surface area contributed by atoms with Crippen molar-refractivity contribution in [2.45, 2.75) is 39.6 Å². The second kappa shape index (κ2) is 55.5. The van der Waals surface area contributed by atoms with Gasteiger partial charge in [0.25, 0.3) is 0 Å². The molecule has 0 aliphatic rings. The van der Waals surface area contributed by atoms with E-state index >= 15 is 0 Å². The minimum absolute atomic E-state index is 0. The summed E-state index contributed by atoms with van der Waals surface area (Å²) in [6.07, 6.45) is 21.1. The van der Waals surface area contributed by atoms with Crippen LogP contribution >= 0.6 is 80.9 Å². The molecule has 6 aromatic carbocycles. The van der Waals surface area contributed by atoms with Crippen LogP contribution in [0.1, 0.15) is 33.4 Å². The second-order valence-corrected chi connectivity index (χ2v) is 28.4. The number of tetrazole rings is 6. The Morgan fingerprint density at radius 3 is 1.01 bits per heavy atom. The van der Waals surface area contributed by atoms with E-state index in [9.17, 15) is 28.8 Å². The summed E-state index contributed by atoms with van der Waals surface area (Å²) in [6.45, 7) is 0.631. The first-order chi connectivity index (χ1) is 62.5. The molecule has 0 bridgehead atoms. The Kier molecular flexibility index (Phi) is 46.4. The zero-order chi connectivity index (χ0) is 91.0. The van der Waals surface area contributed by atoms with Crippen molar-refractivity contribution in [1.29, 1.82) is 0 Å². The Bertz CT molecular complexity index is 6520. The third-order valence-corrected chi connectivity index (χ3v) is 19.7. The van der Waals surface area contributed by atoms with E-state index in [4.69, 9.17) is 102 Å². The number of aromatic nitrogens is 35. The number of thiazole rings is 1. The topological polar surface area (TPSA) is 528 Å². The van der Waals surface area contributed by atoms with Crippen molar-refractivity contribution in [3.05, 3.63) is 322 Å². The smallest absolute Gasteiger partial charge is 0.368 e. The molecule has 0 N–H and O–H groups in total. The Morgan fingerprint density at radius 2 is 0.719 bits per heavy atom. The van der Waals surface area contributed by atoms with Crippen LogP contribution in [-0.2, 0) is 278 Å². The van der Waals surface area contributed by atoms with Crippen molar-refractivity contribution in [3.8, 4) is 69.0 Å². The quantitative estimate of drug-likeness (QED) is 0.0737. The molecule has 0 amide bonds. The molecule has 0 saturated heterocycles. The average molecular weight is 2420 g/mol. The van der Waals surface area contributed by atoms with E-state index in [-0.39, 0.29) is 276 Å². The van der Waals surface area contributed by atoms with Gasteiger partial charge >= 0.3 is 34.1 Å². The number of hydrogen-bond acceptors (Lipinski definition) is 36. The normalized spacial score (nSPS) is 10.2. The maximum Gasteiger partial charge on any atom is 0.368 e. The number of hydrogen-bond donors (Lipinski definition) is 0. The van der Waals surface area contributed by atoms with Crippen LogP contribution in [0.4, 0.5) is 0 Å². The zero-order valence-corrected chi connectivity index (χ0v) is 92.8. The van der Waals surface area contributed by atoms with Crippen LogP contribution in [0.5, 0.6) is 34.9 Å². The molecule has 135 heavy (non-hydrogen) atoms. The first-order valence-corrected chi connectivity index (χ1v) is 39.5. The van der Waals surface area contributed by atoms with Crippen LogP contribution in [0, 0.1) is 31.2 Å². The van der Waals surface area contributed by atoms with E-state index in [2.05, 4.69) is 149 Å². The number of aryl methyl sites for hydroxylation is 6. The molecule has 0 fully saturated rings. The van der Waals surface area contributed by atoms with Gasteiger partial charge in [-0.3, -0.25) is 4.98 Å². The summed E-state index contributed by atoms with van der Waals surface area (Å²) in [6, 6.07) is 34.1. The molecule has 48 nitrogen and oxygen atoms in total. The fraction of sp³-hybridized carbons (Fsp3) is 0.162. The van der Waals surface area contributed by atoms with Crippen LogP contribution < -0.4 is 67.7 Å². The maximum atomic E-state index is 12.0. The SMILES string of the molecule is Cn1nnn(-c2cccc(Cl)c2COc2cc[n-]n2)c1=O.Cn1nnn(-c2cccc(Cl)c2COc2ccn[c-]n2)c1=O.Cn1nnn(-c2cccc(Cl)c2COc2cnc[c-]n2)c1=O.Cn1nnn(-c2cccc(Cl)c2COc2n[c-]co2)c1=O.Cn1nnn(-c2cccc(Cl)c2COc2n[c-]cs2)c1=O.Cn1nnn(-c2cccc(Cl)c2COc2n[c-]ncn2)c1=O.[Y].[Y].[Y].[Y].[Y].[Y]. The van der Waals surface area contributed by atoms with Gasteiger partial charge in [0.05, 0.1) is 59.8 Å². The fourth-order valence-electron chi connectivity index (χ4n) is 10.7. The van der Waals surface area contributed by atoms with Gasteiger partial charge in [-0.2, -0.15) is 62.4 Å². The fourth-order valence-corrected chi connectivity index (χ4v) is 12.5. The third kappa shape index (κ3) is 29.7. The zero-order valence-electron chi connectivity index (χ0n) is 70.4. The number of rotatable bonds is 24. The van der Waals surface area contributed by atoms with Crippen LogP contribution in [0.2, 0.25) is 30.1 Å². The molecule has 18 rings (SSSR count). The van der Waals surface area contributed by atoms with Gasteiger partial charge < -0.3 is 82.9 Å². The van der Waals surface area contributed by atoms with E-state index in [1.807, 2.05) is 0 Å². The van der Waals surface area contributed by atoms with Crippen molar-refractivity contribution in [3.63, 3.8) is 0 Å². The summed E-state index contributed by atoms with van der Waals surface area (Å²) in [5.74, 6) is 1.04. The molecule has 18 aromatic rings. The average Bonchev–Trinajstić information content (AvgIpc) is 1.68. The van der Waals surface area contributed by atoms with E-state index in [1.54, 1.807) is 127 Å². The largest absolute Gasteiger partial charge is 0.579 e. The van der Waals surface area contributed by atoms with E-state index in [0.29, 0.717) is 120 Å². The molecule has 0 spiro atoms. The van der Waals surface area contributed by atoms with Crippen molar-refractivity contribution in [2.24, 2.45) is 42.3 Å². The summed E-state index contributed by atoms with van der Waals surface area (Å²) in [5.41, 5.74) is 4.32. The molecule has 61 heteroatoms. The predicted molar refractivity (Wildman–Crippen MR) is 450 cm³/mol. The van der Waals surface area contributed by atoms with Crippen LogP contribution in [0.25, 0.3) is 34.1 Å². The van der Waals surface area contributed by atoms with Gasteiger partial charge in [-0.1, -0.05) is 124 Å². The molecular formula is C74H57Cl6N35O13SY6-6. The van der Waals surface area contributed by atoms with Gasteiger partial charge in [0, 0.05) is 327 Å². The molecule has 0 aliphatic heterocycles. The molecule has 0 unspecified atom stereocenters. The van der Waals surface area contributed by atoms with Crippen molar-refractivity contribution < 1.29 is 229 Å². The molecular weight excluding hydrogens is 2370 g/mol. The predicted octanol–water partition coefficient (Wildman–Crippen LogP) is 4.74. The number of benzene rings is 6. The monoisotopic (exact) mass is 2420 g/mol. The minimum atomic E-state index is -0.392. The molecule has 0 atom stereocenters. The standard InChI is InChI=1S/2C13H10ClN6O2.C12H9ClN7O2.C12H10ClN6O2.C12H9ClN5O3.C12H9ClN5O2S.6Y/c1-19-13(21)20(18-17-19)11-4-2-3-10(14)9(11)8-22-12-7-15-5-6-16-12;1-19-13(21)20(18-17-19)11-4-2-3-10(14)9(11)7-22-12-5-6-15-8-16-12;1-19-12(21)20(18-17-19)10-4-2-3-9(13)8(10)5-22-11-15-6-14-7-16-11;1-18-12(20)19(17-16-18)10-4-2-3-9(13)8(10)7-21-11-5-6-14-15-11;1-17-12(19)18(16-15-17)10-4-2-3-9(13)8(10)7-21-11-14-5-6-20-11;1-17-12(19)18(16-15-17)10-4-2-3-9(13)8(10)7-20-11-14-5-6-21-11;;;;;;/h2-5,7H,8H2,1H3;2-6H,7H2,1H3;2-4,6H,5H2,1H3;2-6H,7H2,1H3;2*2-4,6H,7H2,1H3;;;;;;/q6*-1;;;;;;. The Balaban J connectivity index is 0.000000219. The van der Waals surface area contributed by atoms with Crippen molar-refractivity contribution in [2.75, 3.05) is 0 Å². The van der Waals surface area contributed by atoms with Crippen LogP contribution in [-0.4, -0.2) is 169 Å². The number of nitrogens with zero attached hydrogens (tertiary/aromatic N) is 35. The third-order valence-electron chi connectivity index (χ3n) is 17.0. The Hall–Kier alpha value is -9.08. The number of oxazole rings is 1. The summed E-state index contributed by atoms with van der Waals surface area (Å²) in [5, 5.41) is 57.2. The van der Waals surface area contributed by atoms with Gasteiger partial charge in [0.1, 0.15) is 30.9 Å². The number of ether oxygens (including phenoxy) is 6. The second-order valence-electron chi connectivity index (χ2n) is 25.1. The molecule has 678 valence electrons. The van der Waals surface area contributed by atoms with Gasteiger partial charge in [-0.25, -0.2) is 40.1 Å². The van der Waals surface area contributed by atoms with Gasteiger partial charge in [0.15, 0.2) is 11.9 Å². The molecule has 12 aromatic heterocycles. The summed E-state index contributed by atoms with van der Waals surface area (Å²) in [4.78, 5) is 106. The van der Waals surface area contributed by atoms with E-state index < -0.39 is 5.69 Å². The van der Waals surface area contributed by atoms with Crippen molar-refractivity contribution >= 4 is 80.9 Å².